The van der Waals surface area contributed by atoms with Gasteiger partial charge in [-0.05, 0) is 12.1 Å². The number of carbonyl (C=O) groups is 1. The van der Waals surface area contributed by atoms with Gasteiger partial charge >= 0.3 is 0 Å². The van der Waals surface area contributed by atoms with E-state index in [0.29, 0.717) is 30.3 Å². The van der Waals surface area contributed by atoms with Crippen LogP contribution in [0.1, 0.15) is 6.92 Å². The summed E-state index contributed by atoms with van der Waals surface area (Å²) in [6.07, 6.45) is 1.08. The smallest absolute Gasteiger partial charge is 0.229 e. The number of benzene rings is 1. The Morgan fingerprint density at radius 1 is 1.44 bits per heavy atom. The lowest BCUT2D eigenvalue weighted by Gasteiger charge is -2.28. The molecule has 98 valence electrons. The minimum Gasteiger partial charge on any atom is -0.489 e. The van der Waals surface area contributed by atoms with Crippen LogP contribution in [0.5, 0.6) is 5.75 Å². The SMILES string of the molecule is CC(=O)N1CCOc2cc(NS(C)(=O)=O)ccc21. The van der Waals surface area contributed by atoms with Crippen molar-refractivity contribution in [2.45, 2.75) is 6.92 Å². The number of nitrogens with one attached hydrogen (secondary N) is 1. The summed E-state index contributed by atoms with van der Waals surface area (Å²) in [4.78, 5) is 13.0. The highest BCUT2D eigenvalue weighted by Crippen LogP contribution is 2.34. The molecule has 1 aliphatic heterocycles. The molecule has 1 aromatic rings. The summed E-state index contributed by atoms with van der Waals surface area (Å²) in [5.41, 5.74) is 1.08. The lowest BCUT2D eigenvalue weighted by Crippen LogP contribution is -2.36. The van der Waals surface area contributed by atoms with E-state index in [9.17, 15) is 13.2 Å². The van der Waals surface area contributed by atoms with E-state index in [4.69, 9.17) is 4.74 Å². The topological polar surface area (TPSA) is 75.7 Å². The Balaban J connectivity index is 2.35. The number of sulfonamides is 1. The number of hydrogen-bond donors (Lipinski definition) is 1. The Morgan fingerprint density at radius 2 is 2.17 bits per heavy atom. The molecule has 1 aromatic carbocycles. The van der Waals surface area contributed by atoms with Crippen molar-refractivity contribution in [3.05, 3.63) is 18.2 Å². The van der Waals surface area contributed by atoms with Gasteiger partial charge < -0.3 is 9.64 Å². The number of hydrogen-bond acceptors (Lipinski definition) is 4. The average molecular weight is 270 g/mol. The quantitative estimate of drug-likeness (QED) is 0.862. The van der Waals surface area contributed by atoms with Crippen molar-refractivity contribution < 1.29 is 17.9 Å². The number of amides is 1. The molecule has 0 bridgehead atoms. The molecule has 0 saturated carbocycles. The van der Waals surface area contributed by atoms with Crippen LogP contribution in [0.3, 0.4) is 0 Å². The summed E-state index contributed by atoms with van der Waals surface area (Å²) >= 11 is 0. The van der Waals surface area contributed by atoms with E-state index in [1.165, 1.54) is 6.92 Å². The van der Waals surface area contributed by atoms with Crippen LogP contribution in [-0.4, -0.2) is 33.7 Å². The second-order valence-electron chi connectivity index (χ2n) is 4.08. The van der Waals surface area contributed by atoms with Crippen LogP contribution in [-0.2, 0) is 14.8 Å². The van der Waals surface area contributed by atoms with E-state index in [1.54, 1.807) is 23.1 Å². The fourth-order valence-electron chi connectivity index (χ4n) is 1.82. The van der Waals surface area contributed by atoms with Crippen molar-refractivity contribution in [1.29, 1.82) is 0 Å². The third-order valence-corrected chi connectivity index (χ3v) is 3.11. The van der Waals surface area contributed by atoms with Gasteiger partial charge in [0.25, 0.3) is 0 Å². The molecule has 0 fully saturated rings. The molecule has 1 heterocycles. The van der Waals surface area contributed by atoms with Crippen molar-refractivity contribution in [2.24, 2.45) is 0 Å². The molecule has 0 atom stereocenters. The van der Waals surface area contributed by atoms with E-state index in [1.807, 2.05) is 0 Å². The molecule has 18 heavy (non-hydrogen) atoms. The second-order valence-corrected chi connectivity index (χ2v) is 5.82. The summed E-state index contributed by atoms with van der Waals surface area (Å²) in [7, 11) is -3.32. The molecular formula is C11H14N2O4S. The van der Waals surface area contributed by atoms with Crippen molar-refractivity contribution in [3.63, 3.8) is 0 Å². The number of carbonyl (C=O) groups excluding carboxylic acids is 1. The van der Waals surface area contributed by atoms with Crippen molar-refractivity contribution in [1.82, 2.24) is 0 Å². The van der Waals surface area contributed by atoms with Crippen LogP contribution in [0.15, 0.2) is 18.2 Å². The van der Waals surface area contributed by atoms with Gasteiger partial charge in [0.05, 0.1) is 24.2 Å². The van der Waals surface area contributed by atoms with Gasteiger partial charge in [-0.2, -0.15) is 0 Å². The molecule has 0 aromatic heterocycles. The number of fused-ring (bicyclic) bond motifs is 1. The first kappa shape index (κ1) is 12.7. The van der Waals surface area contributed by atoms with Gasteiger partial charge in [-0.25, -0.2) is 8.42 Å². The summed E-state index contributed by atoms with van der Waals surface area (Å²) in [5.74, 6) is 0.438. The van der Waals surface area contributed by atoms with E-state index < -0.39 is 10.0 Å². The average Bonchev–Trinajstić information content (AvgIpc) is 2.25. The van der Waals surface area contributed by atoms with E-state index in [0.717, 1.165) is 6.26 Å². The summed E-state index contributed by atoms with van der Waals surface area (Å²) in [6, 6.07) is 4.85. The minimum atomic E-state index is -3.32. The number of nitrogens with zero attached hydrogens (tertiary/aromatic N) is 1. The first-order chi connectivity index (χ1) is 8.37. The predicted octanol–water partition coefficient (Wildman–Crippen LogP) is 0.803. The number of rotatable bonds is 2. The molecule has 0 radical (unpaired) electrons. The molecule has 1 amide bonds. The maximum Gasteiger partial charge on any atom is 0.229 e. The fraction of sp³-hybridized carbons (Fsp3) is 0.364. The molecule has 7 heteroatoms. The van der Waals surface area contributed by atoms with Crippen LogP contribution in [0, 0.1) is 0 Å². The molecule has 1 N–H and O–H groups in total. The van der Waals surface area contributed by atoms with E-state index in [2.05, 4.69) is 4.72 Å². The largest absolute Gasteiger partial charge is 0.489 e. The molecule has 0 saturated heterocycles. The van der Waals surface area contributed by atoms with E-state index in [-0.39, 0.29) is 5.91 Å². The van der Waals surface area contributed by atoms with Gasteiger partial charge in [0.15, 0.2) is 0 Å². The lowest BCUT2D eigenvalue weighted by atomic mass is 10.2. The van der Waals surface area contributed by atoms with Gasteiger partial charge in [-0.15, -0.1) is 0 Å². The third kappa shape index (κ3) is 2.73. The van der Waals surface area contributed by atoms with Crippen LogP contribution >= 0.6 is 0 Å². The Morgan fingerprint density at radius 3 is 2.78 bits per heavy atom. The Kier molecular flexibility index (Phi) is 3.16. The fourth-order valence-corrected chi connectivity index (χ4v) is 2.38. The highest BCUT2D eigenvalue weighted by Gasteiger charge is 2.21. The molecule has 6 nitrogen and oxygen atoms in total. The highest BCUT2D eigenvalue weighted by molar-refractivity contribution is 7.92. The molecule has 1 aliphatic rings. The molecule has 0 spiro atoms. The summed E-state index contributed by atoms with van der Waals surface area (Å²) < 4.78 is 30.0. The second kappa shape index (κ2) is 4.49. The highest BCUT2D eigenvalue weighted by atomic mass is 32.2. The van der Waals surface area contributed by atoms with E-state index >= 15 is 0 Å². The van der Waals surface area contributed by atoms with Crippen molar-refractivity contribution in [3.8, 4) is 5.75 Å². The van der Waals surface area contributed by atoms with Gasteiger partial charge in [0.1, 0.15) is 12.4 Å². The van der Waals surface area contributed by atoms with Crippen molar-refractivity contribution in [2.75, 3.05) is 29.0 Å². The Bertz CT molecular complexity index is 583. The zero-order chi connectivity index (χ0) is 13.3. The summed E-state index contributed by atoms with van der Waals surface area (Å²) in [5, 5.41) is 0. The normalized spacial score (nSPS) is 14.7. The molecular weight excluding hydrogens is 256 g/mol. The molecule has 0 aliphatic carbocycles. The lowest BCUT2D eigenvalue weighted by molar-refractivity contribution is -0.116. The van der Waals surface area contributed by atoms with Crippen molar-refractivity contribution >= 4 is 27.3 Å². The van der Waals surface area contributed by atoms with Crippen LogP contribution in [0.25, 0.3) is 0 Å². The van der Waals surface area contributed by atoms with Crippen LogP contribution in [0.4, 0.5) is 11.4 Å². The van der Waals surface area contributed by atoms with Crippen LogP contribution < -0.4 is 14.4 Å². The first-order valence-electron chi connectivity index (χ1n) is 5.39. The number of anilines is 2. The Labute approximate surface area is 106 Å². The van der Waals surface area contributed by atoms with Gasteiger partial charge in [-0.1, -0.05) is 0 Å². The predicted molar refractivity (Wildman–Crippen MR) is 68.4 cm³/mol. The summed E-state index contributed by atoms with van der Waals surface area (Å²) in [6.45, 7) is 2.38. The first-order valence-corrected chi connectivity index (χ1v) is 7.29. The zero-order valence-corrected chi connectivity index (χ0v) is 11.0. The zero-order valence-electron chi connectivity index (χ0n) is 10.1. The van der Waals surface area contributed by atoms with Gasteiger partial charge in [0.2, 0.25) is 15.9 Å². The Hall–Kier alpha value is -1.76. The molecule has 2 rings (SSSR count). The third-order valence-electron chi connectivity index (χ3n) is 2.51. The maximum atomic E-state index is 11.4. The monoisotopic (exact) mass is 270 g/mol. The van der Waals surface area contributed by atoms with Gasteiger partial charge in [0, 0.05) is 13.0 Å². The maximum absolute atomic E-state index is 11.4. The van der Waals surface area contributed by atoms with Gasteiger partial charge in [-0.3, -0.25) is 9.52 Å². The number of ether oxygens (including phenoxy) is 1. The standard InChI is InChI=1S/C11H14N2O4S/c1-8(14)13-5-6-17-11-7-9(3-4-10(11)13)12-18(2,15)16/h3-4,7,12H,5-6H2,1-2H3. The molecule has 0 unspecified atom stereocenters. The minimum absolute atomic E-state index is 0.0663. The van der Waals surface area contributed by atoms with Crippen LogP contribution in [0.2, 0.25) is 0 Å².